The molecule has 0 saturated heterocycles. The second kappa shape index (κ2) is 4.61. The minimum atomic E-state index is -4.64. The van der Waals surface area contributed by atoms with E-state index in [9.17, 15) is 18.0 Å². The van der Waals surface area contributed by atoms with E-state index in [0.29, 0.717) is 0 Å². The zero-order valence-corrected chi connectivity index (χ0v) is 7.94. The Morgan fingerprint density at radius 1 is 1.43 bits per heavy atom. The summed E-state index contributed by atoms with van der Waals surface area (Å²) in [6.07, 6.45) is -4.64. The first-order valence-electron chi connectivity index (χ1n) is 3.91. The number of rotatable bonds is 5. The highest BCUT2D eigenvalue weighted by atomic mass is 19.4. The number of nitrogens with two attached hydrogens (primary N) is 1. The number of carbonyl (C=O) groups is 1. The van der Waals surface area contributed by atoms with Crippen molar-refractivity contribution >= 4 is 5.91 Å². The van der Waals surface area contributed by atoms with Crippen molar-refractivity contribution in [3.05, 3.63) is 0 Å². The van der Waals surface area contributed by atoms with E-state index < -0.39 is 24.4 Å². The summed E-state index contributed by atoms with van der Waals surface area (Å²) in [5, 5.41) is 2.53. The molecule has 0 fully saturated rings. The van der Waals surface area contributed by atoms with Crippen LogP contribution in [0, 0.1) is 0 Å². The Morgan fingerprint density at radius 3 is 2.29 bits per heavy atom. The lowest BCUT2D eigenvalue weighted by Gasteiger charge is -2.22. The molecule has 0 aliphatic rings. The molecule has 0 saturated carbocycles. The third kappa shape index (κ3) is 5.76. The first kappa shape index (κ1) is 13.2. The smallest absolute Gasteiger partial charge is 0.368 e. The molecule has 0 aromatic carbocycles. The van der Waals surface area contributed by atoms with Crippen molar-refractivity contribution in [1.82, 2.24) is 5.32 Å². The van der Waals surface area contributed by atoms with E-state index in [1.165, 1.54) is 13.8 Å². The van der Waals surface area contributed by atoms with Crippen LogP contribution in [0.1, 0.15) is 13.8 Å². The number of alkyl halides is 3. The van der Waals surface area contributed by atoms with E-state index in [1.54, 1.807) is 0 Å². The Morgan fingerprint density at radius 2 is 1.93 bits per heavy atom. The van der Waals surface area contributed by atoms with Gasteiger partial charge in [0.15, 0.2) is 0 Å². The fraction of sp³-hybridized carbons (Fsp3) is 0.857. The second-order valence-corrected chi connectivity index (χ2v) is 3.21. The van der Waals surface area contributed by atoms with Crippen molar-refractivity contribution in [2.75, 3.05) is 13.2 Å². The molecule has 0 aromatic rings. The lowest BCUT2D eigenvalue weighted by molar-refractivity contribution is -0.323. The molecule has 0 aliphatic heterocycles. The van der Waals surface area contributed by atoms with Crippen molar-refractivity contribution in [3.8, 4) is 0 Å². The summed E-state index contributed by atoms with van der Waals surface area (Å²) in [6, 6.07) is 0. The highest BCUT2D eigenvalue weighted by Crippen LogP contribution is 2.15. The largest absolute Gasteiger partial charge is 0.522 e. The molecular weight excluding hydrogens is 201 g/mol. The van der Waals surface area contributed by atoms with E-state index in [2.05, 4.69) is 10.1 Å². The van der Waals surface area contributed by atoms with Gasteiger partial charge in [0.2, 0.25) is 5.91 Å². The first-order chi connectivity index (χ1) is 6.15. The maximum Gasteiger partial charge on any atom is 0.522 e. The molecule has 0 atom stereocenters. The zero-order chi connectivity index (χ0) is 11.4. The molecular formula is C7H13F3N2O2. The van der Waals surface area contributed by atoms with Crippen LogP contribution < -0.4 is 11.1 Å². The molecule has 84 valence electrons. The monoisotopic (exact) mass is 214 g/mol. The number of hydrogen-bond donors (Lipinski definition) is 2. The van der Waals surface area contributed by atoms with Gasteiger partial charge < -0.3 is 11.1 Å². The van der Waals surface area contributed by atoms with Gasteiger partial charge in [-0.3, -0.25) is 9.53 Å². The molecule has 7 heteroatoms. The van der Waals surface area contributed by atoms with Crippen molar-refractivity contribution in [2.24, 2.45) is 5.73 Å². The van der Waals surface area contributed by atoms with Crippen LogP contribution in [0.4, 0.5) is 13.2 Å². The molecule has 0 radical (unpaired) electrons. The molecule has 14 heavy (non-hydrogen) atoms. The highest BCUT2D eigenvalue weighted by molar-refractivity contribution is 5.83. The first-order valence-corrected chi connectivity index (χ1v) is 3.91. The minimum Gasteiger partial charge on any atom is -0.368 e. The molecule has 0 rings (SSSR count). The summed E-state index contributed by atoms with van der Waals surface area (Å²) in [4.78, 5) is 10.7. The number of carbonyl (C=O) groups excluding carboxylic acids is 1. The van der Waals surface area contributed by atoms with Gasteiger partial charge in [0.25, 0.3) is 0 Å². The third-order valence-electron chi connectivity index (χ3n) is 1.55. The van der Waals surface area contributed by atoms with Crippen molar-refractivity contribution in [1.29, 1.82) is 0 Å². The normalized spacial score (nSPS) is 12.9. The molecule has 0 spiro atoms. The van der Waals surface area contributed by atoms with Gasteiger partial charge in [0.05, 0.1) is 12.1 Å². The molecule has 0 unspecified atom stereocenters. The van der Waals surface area contributed by atoms with Crippen LogP contribution in [0.5, 0.6) is 0 Å². The average molecular weight is 214 g/mol. The standard InChI is InChI=1S/C7H13F3N2O2/c1-6(2,5(11)13)12-3-4-14-7(8,9)10/h12H,3-4H2,1-2H3,(H2,11,13). The SMILES string of the molecule is CC(C)(NCCOC(F)(F)F)C(N)=O. The van der Waals surface area contributed by atoms with Gasteiger partial charge >= 0.3 is 6.36 Å². The lowest BCUT2D eigenvalue weighted by Crippen LogP contribution is -2.51. The zero-order valence-electron chi connectivity index (χ0n) is 7.94. The Kier molecular flexibility index (Phi) is 4.34. The van der Waals surface area contributed by atoms with Crippen molar-refractivity contribution in [3.63, 3.8) is 0 Å². The van der Waals surface area contributed by atoms with Crippen LogP contribution >= 0.6 is 0 Å². The summed E-state index contributed by atoms with van der Waals surface area (Å²) in [7, 11) is 0. The fourth-order valence-electron chi connectivity index (χ4n) is 0.617. The average Bonchev–Trinajstić information content (AvgIpc) is 1.96. The Labute approximate surface area is 79.6 Å². The van der Waals surface area contributed by atoms with Crippen molar-refractivity contribution in [2.45, 2.75) is 25.7 Å². The molecule has 3 N–H and O–H groups in total. The van der Waals surface area contributed by atoms with Crippen LogP contribution in [-0.4, -0.2) is 31.0 Å². The minimum absolute atomic E-state index is 0.102. The summed E-state index contributed by atoms with van der Waals surface area (Å²) in [5.41, 5.74) is 3.94. The lowest BCUT2D eigenvalue weighted by atomic mass is 10.1. The van der Waals surface area contributed by atoms with Crippen LogP contribution in [0.15, 0.2) is 0 Å². The van der Waals surface area contributed by atoms with E-state index in [1.807, 2.05) is 0 Å². The Hall–Kier alpha value is -0.820. The topological polar surface area (TPSA) is 64.3 Å². The van der Waals surface area contributed by atoms with E-state index in [4.69, 9.17) is 5.73 Å². The summed E-state index contributed by atoms with van der Waals surface area (Å²) >= 11 is 0. The number of amides is 1. The van der Waals surface area contributed by atoms with Gasteiger partial charge in [-0.1, -0.05) is 0 Å². The van der Waals surface area contributed by atoms with Gasteiger partial charge in [0.1, 0.15) is 0 Å². The number of ether oxygens (including phenoxy) is 1. The second-order valence-electron chi connectivity index (χ2n) is 3.21. The molecule has 0 aliphatic carbocycles. The van der Waals surface area contributed by atoms with Gasteiger partial charge in [-0.2, -0.15) is 0 Å². The van der Waals surface area contributed by atoms with Crippen LogP contribution in [0.2, 0.25) is 0 Å². The van der Waals surface area contributed by atoms with Gasteiger partial charge in [-0.15, -0.1) is 13.2 Å². The Balaban J connectivity index is 3.70. The molecule has 1 amide bonds. The number of primary amides is 1. The van der Waals surface area contributed by atoms with E-state index in [-0.39, 0.29) is 6.54 Å². The fourth-order valence-corrected chi connectivity index (χ4v) is 0.617. The molecule has 0 heterocycles. The molecule has 0 bridgehead atoms. The number of halogens is 3. The maximum atomic E-state index is 11.5. The van der Waals surface area contributed by atoms with Crippen molar-refractivity contribution < 1.29 is 22.7 Å². The van der Waals surface area contributed by atoms with Gasteiger partial charge in [-0.25, -0.2) is 0 Å². The number of hydrogen-bond acceptors (Lipinski definition) is 3. The maximum absolute atomic E-state index is 11.5. The van der Waals surface area contributed by atoms with E-state index >= 15 is 0 Å². The van der Waals surface area contributed by atoms with Gasteiger partial charge in [-0.05, 0) is 13.8 Å². The predicted molar refractivity (Wildman–Crippen MR) is 43.3 cm³/mol. The highest BCUT2D eigenvalue weighted by Gasteiger charge is 2.29. The summed E-state index contributed by atoms with van der Waals surface area (Å²) in [5.74, 6) is -0.635. The van der Waals surface area contributed by atoms with Crippen LogP contribution in [-0.2, 0) is 9.53 Å². The van der Waals surface area contributed by atoms with Crippen LogP contribution in [0.25, 0.3) is 0 Å². The predicted octanol–water partition coefficient (Wildman–Crippen LogP) is 0.376. The molecule has 0 aromatic heterocycles. The van der Waals surface area contributed by atoms with E-state index in [0.717, 1.165) is 0 Å². The summed E-state index contributed by atoms with van der Waals surface area (Å²) in [6.45, 7) is 2.29. The van der Waals surface area contributed by atoms with Crippen LogP contribution in [0.3, 0.4) is 0 Å². The van der Waals surface area contributed by atoms with Gasteiger partial charge in [0, 0.05) is 6.54 Å². The number of nitrogens with one attached hydrogen (secondary N) is 1. The molecule has 4 nitrogen and oxygen atoms in total. The third-order valence-corrected chi connectivity index (χ3v) is 1.55. The summed E-state index contributed by atoms with van der Waals surface area (Å²) < 4.78 is 38.0. The quantitative estimate of drug-likeness (QED) is 0.650. The Bertz CT molecular complexity index is 204.